The van der Waals surface area contributed by atoms with Crippen LogP contribution in [0.3, 0.4) is 0 Å². The lowest BCUT2D eigenvalue weighted by Gasteiger charge is -2.13. The maximum Gasteiger partial charge on any atom is 0.0722 e. The average molecular weight is 271 g/mol. The molecule has 98 valence electrons. The summed E-state index contributed by atoms with van der Waals surface area (Å²) in [5.74, 6) is 0. The molecule has 0 saturated carbocycles. The van der Waals surface area contributed by atoms with Gasteiger partial charge in [-0.05, 0) is 35.5 Å². The van der Waals surface area contributed by atoms with E-state index in [1.807, 2.05) is 18.8 Å². The summed E-state index contributed by atoms with van der Waals surface area (Å²) in [6.07, 6.45) is 0.911. The van der Waals surface area contributed by atoms with Crippen molar-refractivity contribution in [2.45, 2.75) is 12.5 Å². The van der Waals surface area contributed by atoms with Crippen molar-refractivity contribution in [3.05, 3.63) is 52.3 Å². The summed E-state index contributed by atoms with van der Waals surface area (Å²) in [5, 5.41) is 13.6. The maximum atomic E-state index is 4.67. The van der Waals surface area contributed by atoms with Crippen molar-refractivity contribution in [1.82, 2.24) is 15.1 Å². The van der Waals surface area contributed by atoms with Crippen LogP contribution in [0.1, 0.15) is 17.3 Å². The van der Waals surface area contributed by atoms with Gasteiger partial charge in [0, 0.05) is 24.9 Å². The van der Waals surface area contributed by atoms with E-state index in [9.17, 15) is 0 Å². The predicted octanol–water partition coefficient (Wildman–Crippen LogP) is 3.14. The number of hydrogen-bond donors (Lipinski definition) is 1. The maximum absolute atomic E-state index is 4.67. The van der Waals surface area contributed by atoms with Gasteiger partial charge in [-0.15, -0.1) is 0 Å². The van der Waals surface area contributed by atoms with Crippen LogP contribution in [0, 0.1) is 0 Å². The van der Waals surface area contributed by atoms with E-state index in [4.69, 9.17) is 0 Å². The molecule has 1 aromatic carbocycles. The lowest BCUT2D eigenvalue weighted by atomic mass is 10.0. The summed E-state index contributed by atoms with van der Waals surface area (Å²) in [7, 11) is 4.01. The minimum atomic E-state index is 0.324. The van der Waals surface area contributed by atoms with E-state index in [0.717, 1.165) is 12.1 Å². The molecule has 0 bridgehead atoms. The van der Waals surface area contributed by atoms with Gasteiger partial charge < -0.3 is 5.32 Å². The van der Waals surface area contributed by atoms with Gasteiger partial charge in [-0.1, -0.05) is 18.2 Å². The van der Waals surface area contributed by atoms with E-state index in [1.165, 1.54) is 16.5 Å². The zero-order valence-corrected chi connectivity index (χ0v) is 11.9. The number of benzene rings is 1. The molecule has 0 aliphatic carbocycles. The number of nitrogens with zero attached hydrogens (tertiary/aromatic N) is 2. The molecule has 0 saturated heterocycles. The quantitative estimate of drug-likeness (QED) is 0.790. The number of aryl methyl sites for hydroxylation is 1. The predicted molar refractivity (Wildman–Crippen MR) is 80.5 cm³/mol. The normalized spacial score (nSPS) is 12.9. The number of fused-ring (bicyclic) bond motifs is 1. The Morgan fingerprint density at radius 1 is 1.32 bits per heavy atom. The van der Waals surface area contributed by atoms with Gasteiger partial charge in [0.25, 0.3) is 0 Å². The van der Waals surface area contributed by atoms with E-state index in [-0.39, 0.29) is 0 Å². The molecule has 1 unspecified atom stereocenters. The van der Waals surface area contributed by atoms with Crippen molar-refractivity contribution in [3.63, 3.8) is 0 Å². The molecular formula is C15H17N3S. The Kier molecular flexibility index (Phi) is 3.36. The van der Waals surface area contributed by atoms with Crippen molar-refractivity contribution in [2.75, 3.05) is 7.05 Å². The van der Waals surface area contributed by atoms with Crippen LogP contribution in [0.4, 0.5) is 0 Å². The second-order valence-electron chi connectivity index (χ2n) is 4.69. The molecule has 3 rings (SSSR count). The highest BCUT2D eigenvalue weighted by Crippen LogP contribution is 2.24. The van der Waals surface area contributed by atoms with E-state index < -0.39 is 0 Å². The molecule has 3 nitrogen and oxygen atoms in total. The third-order valence-electron chi connectivity index (χ3n) is 3.53. The van der Waals surface area contributed by atoms with Crippen molar-refractivity contribution >= 4 is 22.2 Å². The molecule has 3 aromatic rings. The second kappa shape index (κ2) is 5.15. The Balaban J connectivity index is 1.97. The molecule has 0 amide bonds. The van der Waals surface area contributed by atoms with Gasteiger partial charge in [0.2, 0.25) is 0 Å². The highest BCUT2D eigenvalue weighted by molar-refractivity contribution is 7.07. The third kappa shape index (κ3) is 2.29. The molecule has 0 aliphatic rings. The molecular weight excluding hydrogens is 254 g/mol. The Bertz CT molecular complexity index is 670. The number of likely N-dealkylation sites (N-methyl/N-ethyl adjacent to an activating group) is 1. The Morgan fingerprint density at radius 3 is 2.89 bits per heavy atom. The first-order valence-corrected chi connectivity index (χ1v) is 7.34. The Morgan fingerprint density at radius 2 is 2.16 bits per heavy atom. The van der Waals surface area contributed by atoms with Crippen LogP contribution in [0.5, 0.6) is 0 Å². The molecule has 0 spiro atoms. The van der Waals surface area contributed by atoms with E-state index in [1.54, 1.807) is 11.3 Å². The highest BCUT2D eigenvalue weighted by atomic mass is 32.1. The molecule has 1 atom stereocenters. The topological polar surface area (TPSA) is 29.9 Å². The van der Waals surface area contributed by atoms with Crippen LogP contribution in [0.25, 0.3) is 10.9 Å². The SMILES string of the molecule is CNC(Cc1nn(C)c2ccccc12)c1ccsc1. The van der Waals surface area contributed by atoms with Crippen molar-refractivity contribution in [2.24, 2.45) is 7.05 Å². The summed E-state index contributed by atoms with van der Waals surface area (Å²) >= 11 is 1.74. The van der Waals surface area contributed by atoms with Gasteiger partial charge in [0.15, 0.2) is 0 Å². The van der Waals surface area contributed by atoms with Crippen molar-refractivity contribution in [1.29, 1.82) is 0 Å². The highest BCUT2D eigenvalue weighted by Gasteiger charge is 2.15. The summed E-state index contributed by atoms with van der Waals surface area (Å²) < 4.78 is 1.96. The molecule has 2 heterocycles. The van der Waals surface area contributed by atoms with Crippen LogP contribution in [-0.2, 0) is 13.5 Å². The Labute approximate surface area is 116 Å². The smallest absolute Gasteiger partial charge is 0.0722 e. The largest absolute Gasteiger partial charge is 0.313 e. The van der Waals surface area contributed by atoms with E-state index >= 15 is 0 Å². The fraction of sp³-hybridized carbons (Fsp3) is 0.267. The van der Waals surface area contributed by atoms with Gasteiger partial charge in [-0.3, -0.25) is 4.68 Å². The van der Waals surface area contributed by atoms with E-state index in [0.29, 0.717) is 6.04 Å². The van der Waals surface area contributed by atoms with E-state index in [2.05, 4.69) is 51.5 Å². The fourth-order valence-corrected chi connectivity index (χ4v) is 3.21. The second-order valence-corrected chi connectivity index (χ2v) is 5.47. The Hall–Kier alpha value is -1.65. The zero-order chi connectivity index (χ0) is 13.2. The van der Waals surface area contributed by atoms with Crippen LogP contribution >= 0.6 is 11.3 Å². The van der Waals surface area contributed by atoms with Crippen LogP contribution in [-0.4, -0.2) is 16.8 Å². The summed E-state index contributed by atoms with van der Waals surface area (Å²) in [6, 6.07) is 10.9. The van der Waals surface area contributed by atoms with Crippen molar-refractivity contribution in [3.8, 4) is 0 Å². The summed E-state index contributed by atoms with van der Waals surface area (Å²) in [5.41, 5.74) is 3.68. The van der Waals surface area contributed by atoms with Crippen molar-refractivity contribution < 1.29 is 0 Å². The van der Waals surface area contributed by atoms with Crippen LogP contribution in [0.2, 0.25) is 0 Å². The molecule has 0 aliphatic heterocycles. The summed E-state index contributed by atoms with van der Waals surface area (Å²) in [6.45, 7) is 0. The first kappa shape index (κ1) is 12.4. The third-order valence-corrected chi connectivity index (χ3v) is 4.23. The number of nitrogens with one attached hydrogen (secondary N) is 1. The first-order chi connectivity index (χ1) is 9.29. The van der Waals surface area contributed by atoms with Gasteiger partial charge in [-0.2, -0.15) is 16.4 Å². The molecule has 1 N–H and O–H groups in total. The number of para-hydroxylation sites is 1. The monoisotopic (exact) mass is 271 g/mol. The van der Waals surface area contributed by atoms with Gasteiger partial charge >= 0.3 is 0 Å². The molecule has 0 fully saturated rings. The number of rotatable bonds is 4. The molecule has 4 heteroatoms. The van der Waals surface area contributed by atoms with Gasteiger partial charge in [0.05, 0.1) is 11.2 Å². The van der Waals surface area contributed by atoms with Crippen LogP contribution < -0.4 is 5.32 Å². The molecule has 2 aromatic heterocycles. The molecule has 19 heavy (non-hydrogen) atoms. The number of thiophene rings is 1. The number of aromatic nitrogens is 2. The number of hydrogen-bond acceptors (Lipinski definition) is 3. The minimum absolute atomic E-state index is 0.324. The first-order valence-electron chi connectivity index (χ1n) is 6.39. The zero-order valence-electron chi connectivity index (χ0n) is 11.1. The minimum Gasteiger partial charge on any atom is -0.313 e. The standard InChI is InChI=1S/C15H17N3S/c1-16-13(11-7-8-19-10-11)9-14-12-5-3-4-6-15(12)18(2)17-14/h3-8,10,13,16H,9H2,1-2H3. The van der Waals surface area contributed by atoms with Gasteiger partial charge in [-0.25, -0.2) is 0 Å². The average Bonchev–Trinajstić information content (AvgIpc) is 3.06. The molecule has 0 radical (unpaired) electrons. The summed E-state index contributed by atoms with van der Waals surface area (Å²) in [4.78, 5) is 0. The van der Waals surface area contributed by atoms with Gasteiger partial charge in [0.1, 0.15) is 0 Å². The lowest BCUT2D eigenvalue weighted by molar-refractivity contribution is 0.581. The lowest BCUT2D eigenvalue weighted by Crippen LogP contribution is -2.18. The van der Waals surface area contributed by atoms with Crippen LogP contribution in [0.15, 0.2) is 41.1 Å². The fourth-order valence-electron chi connectivity index (χ4n) is 2.49.